The smallest absolute Gasteiger partial charge is 0.262 e. The molecule has 0 aliphatic rings. The highest BCUT2D eigenvalue weighted by atomic mass is 79.9. The van der Waals surface area contributed by atoms with E-state index in [1.54, 1.807) is 6.07 Å². The van der Waals surface area contributed by atoms with E-state index in [4.69, 9.17) is 9.47 Å². The van der Waals surface area contributed by atoms with E-state index in [1.807, 2.05) is 67.6 Å². The van der Waals surface area contributed by atoms with Crippen LogP contribution < -0.4 is 14.8 Å². The predicted octanol–water partition coefficient (Wildman–Crippen LogP) is 6.12. The fraction of sp³-hybridized carbons (Fsp3) is 0.136. The molecular formula is C22H19Br2NO3. The minimum Gasteiger partial charge on any atom is -0.489 e. The summed E-state index contributed by atoms with van der Waals surface area (Å²) in [4.78, 5) is 12.3. The molecule has 0 bridgehead atoms. The number of carbonyl (C=O) groups is 1. The third-order valence-corrected chi connectivity index (χ3v) is 4.95. The van der Waals surface area contributed by atoms with Crippen molar-refractivity contribution in [3.8, 4) is 11.5 Å². The van der Waals surface area contributed by atoms with Crippen LogP contribution in [-0.4, -0.2) is 12.5 Å². The van der Waals surface area contributed by atoms with Gasteiger partial charge in [0.25, 0.3) is 5.91 Å². The fourth-order valence-electron chi connectivity index (χ4n) is 2.61. The number of anilines is 1. The quantitative estimate of drug-likeness (QED) is 0.421. The molecule has 4 nitrogen and oxygen atoms in total. The average molecular weight is 505 g/mol. The molecule has 0 spiro atoms. The molecule has 0 aromatic heterocycles. The molecule has 3 aromatic rings. The van der Waals surface area contributed by atoms with Crippen molar-refractivity contribution >= 4 is 43.5 Å². The number of halogens is 2. The molecule has 3 aromatic carbocycles. The van der Waals surface area contributed by atoms with Crippen molar-refractivity contribution in [2.75, 3.05) is 11.9 Å². The Bertz CT molecular complexity index is 938. The Morgan fingerprint density at radius 1 is 0.964 bits per heavy atom. The van der Waals surface area contributed by atoms with Crippen molar-refractivity contribution in [3.05, 3.63) is 86.8 Å². The average Bonchev–Trinajstić information content (AvgIpc) is 2.66. The fourth-order valence-corrected chi connectivity index (χ4v) is 4.16. The zero-order chi connectivity index (χ0) is 19.9. The Balaban J connectivity index is 1.56. The van der Waals surface area contributed by atoms with Crippen LogP contribution in [0.15, 0.2) is 75.7 Å². The molecule has 1 N–H and O–H groups in total. The molecule has 0 aliphatic heterocycles. The van der Waals surface area contributed by atoms with Gasteiger partial charge in [-0.2, -0.15) is 0 Å². The van der Waals surface area contributed by atoms with Gasteiger partial charge in [-0.3, -0.25) is 4.79 Å². The normalized spacial score (nSPS) is 10.4. The van der Waals surface area contributed by atoms with Crippen LogP contribution in [0.1, 0.15) is 11.1 Å². The molecule has 6 heteroatoms. The monoisotopic (exact) mass is 503 g/mol. The Labute approximate surface area is 181 Å². The summed E-state index contributed by atoms with van der Waals surface area (Å²) in [7, 11) is 0. The van der Waals surface area contributed by atoms with Crippen molar-refractivity contribution in [1.82, 2.24) is 0 Å². The minimum atomic E-state index is -0.241. The van der Waals surface area contributed by atoms with E-state index in [9.17, 15) is 4.79 Å². The van der Waals surface area contributed by atoms with Crippen molar-refractivity contribution in [2.45, 2.75) is 13.5 Å². The highest BCUT2D eigenvalue weighted by Gasteiger charge is 2.10. The molecule has 28 heavy (non-hydrogen) atoms. The van der Waals surface area contributed by atoms with Gasteiger partial charge in [-0.05, 0) is 58.2 Å². The van der Waals surface area contributed by atoms with Crippen LogP contribution in [0.25, 0.3) is 0 Å². The lowest BCUT2D eigenvalue weighted by Crippen LogP contribution is -2.20. The molecule has 0 fully saturated rings. The summed E-state index contributed by atoms with van der Waals surface area (Å²) in [6.07, 6.45) is 0. The topological polar surface area (TPSA) is 47.6 Å². The second-order valence-corrected chi connectivity index (χ2v) is 7.94. The Morgan fingerprint density at radius 2 is 1.75 bits per heavy atom. The summed E-state index contributed by atoms with van der Waals surface area (Å²) in [6.45, 7) is 2.31. The van der Waals surface area contributed by atoms with Crippen molar-refractivity contribution in [2.24, 2.45) is 0 Å². The SMILES string of the molecule is Cc1cc(Br)cc(Br)c1OCC(=O)Nc1cccc(OCc2ccccc2)c1. The number of rotatable bonds is 7. The van der Waals surface area contributed by atoms with E-state index < -0.39 is 0 Å². The zero-order valence-electron chi connectivity index (χ0n) is 15.2. The number of hydrogen-bond acceptors (Lipinski definition) is 3. The van der Waals surface area contributed by atoms with E-state index >= 15 is 0 Å². The maximum atomic E-state index is 12.3. The van der Waals surface area contributed by atoms with Crippen molar-refractivity contribution < 1.29 is 14.3 Å². The van der Waals surface area contributed by atoms with Gasteiger partial charge >= 0.3 is 0 Å². The summed E-state index contributed by atoms with van der Waals surface area (Å²) in [5, 5.41) is 2.83. The lowest BCUT2D eigenvalue weighted by atomic mass is 10.2. The van der Waals surface area contributed by atoms with Crippen LogP contribution in [0, 0.1) is 6.92 Å². The van der Waals surface area contributed by atoms with Crippen molar-refractivity contribution in [1.29, 1.82) is 0 Å². The van der Waals surface area contributed by atoms with Crippen LogP contribution in [0.4, 0.5) is 5.69 Å². The molecule has 0 heterocycles. The van der Waals surface area contributed by atoms with Crippen LogP contribution >= 0.6 is 31.9 Å². The number of hydrogen-bond donors (Lipinski definition) is 1. The third kappa shape index (κ3) is 5.84. The summed E-state index contributed by atoms with van der Waals surface area (Å²) in [6, 6.07) is 21.0. The summed E-state index contributed by atoms with van der Waals surface area (Å²) < 4.78 is 13.2. The first kappa shape index (κ1) is 20.4. The second kappa shape index (κ2) is 9.75. The number of ether oxygens (including phenoxy) is 2. The Hall–Kier alpha value is -2.31. The van der Waals surface area contributed by atoms with Crippen molar-refractivity contribution in [3.63, 3.8) is 0 Å². The maximum absolute atomic E-state index is 12.3. The molecular weight excluding hydrogens is 486 g/mol. The standard InChI is InChI=1S/C22H19Br2NO3/c1-15-10-17(23)11-20(24)22(15)28-14-21(26)25-18-8-5-9-19(12-18)27-13-16-6-3-2-4-7-16/h2-12H,13-14H2,1H3,(H,25,26). The van der Waals surface area contributed by atoms with E-state index in [2.05, 4.69) is 37.2 Å². The maximum Gasteiger partial charge on any atom is 0.262 e. The number of nitrogens with one attached hydrogen (secondary N) is 1. The van der Waals surface area contributed by atoms with Crippen LogP contribution in [0.5, 0.6) is 11.5 Å². The van der Waals surface area contributed by atoms with Gasteiger partial charge in [0, 0.05) is 16.2 Å². The van der Waals surface area contributed by atoms with Gasteiger partial charge in [0.2, 0.25) is 0 Å². The van der Waals surface area contributed by atoms with Crippen LogP contribution in [-0.2, 0) is 11.4 Å². The molecule has 0 aliphatic carbocycles. The predicted molar refractivity (Wildman–Crippen MR) is 118 cm³/mol. The first-order valence-corrected chi connectivity index (χ1v) is 10.2. The molecule has 0 radical (unpaired) electrons. The van der Waals surface area contributed by atoms with E-state index in [0.717, 1.165) is 20.1 Å². The minimum absolute atomic E-state index is 0.0871. The second-order valence-electron chi connectivity index (χ2n) is 6.17. The lowest BCUT2D eigenvalue weighted by molar-refractivity contribution is -0.118. The summed E-state index contributed by atoms with van der Waals surface area (Å²) >= 11 is 6.89. The van der Waals surface area contributed by atoms with Gasteiger partial charge in [0.05, 0.1) is 4.47 Å². The highest BCUT2D eigenvalue weighted by Crippen LogP contribution is 2.32. The van der Waals surface area contributed by atoms with Gasteiger partial charge in [-0.15, -0.1) is 0 Å². The number of amides is 1. The number of benzene rings is 3. The molecule has 0 unspecified atom stereocenters. The molecule has 0 saturated heterocycles. The molecule has 0 saturated carbocycles. The van der Waals surface area contributed by atoms with Gasteiger partial charge in [-0.25, -0.2) is 0 Å². The summed E-state index contributed by atoms with van der Waals surface area (Å²) in [5.41, 5.74) is 2.68. The van der Waals surface area contributed by atoms with Gasteiger partial charge in [0.1, 0.15) is 18.1 Å². The van der Waals surface area contributed by atoms with Crippen LogP contribution in [0.3, 0.4) is 0 Å². The highest BCUT2D eigenvalue weighted by molar-refractivity contribution is 9.11. The zero-order valence-corrected chi connectivity index (χ0v) is 18.4. The van der Waals surface area contributed by atoms with E-state index in [0.29, 0.717) is 23.8 Å². The first-order valence-electron chi connectivity index (χ1n) is 8.66. The molecule has 3 rings (SSSR count). The first-order chi connectivity index (χ1) is 13.5. The molecule has 0 atom stereocenters. The third-order valence-electron chi connectivity index (χ3n) is 3.91. The van der Waals surface area contributed by atoms with Crippen LogP contribution in [0.2, 0.25) is 0 Å². The largest absolute Gasteiger partial charge is 0.489 e. The van der Waals surface area contributed by atoms with Gasteiger partial charge < -0.3 is 14.8 Å². The molecule has 144 valence electrons. The van der Waals surface area contributed by atoms with Gasteiger partial charge in [0.15, 0.2) is 6.61 Å². The molecule has 1 amide bonds. The van der Waals surface area contributed by atoms with E-state index in [-0.39, 0.29) is 12.5 Å². The van der Waals surface area contributed by atoms with Gasteiger partial charge in [-0.1, -0.05) is 52.3 Å². The summed E-state index contributed by atoms with van der Waals surface area (Å²) in [5.74, 6) is 1.10. The number of carbonyl (C=O) groups excluding carboxylic acids is 1. The Kier molecular flexibility index (Phi) is 7.12. The van der Waals surface area contributed by atoms with E-state index in [1.165, 1.54) is 0 Å². The Morgan fingerprint density at radius 3 is 2.50 bits per heavy atom. The lowest BCUT2D eigenvalue weighted by Gasteiger charge is -2.12. The number of aryl methyl sites for hydroxylation is 1.